The first-order valence-electron chi connectivity index (χ1n) is 9.90. The second-order valence-corrected chi connectivity index (χ2v) is 7.44. The van der Waals surface area contributed by atoms with E-state index in [4.69, 9.17) is 14.2 Å². The van der Waals surface area contributed by atoms with Crippen LogP contribution in [0.15, 0.2) is 66.4 Å². The number of aryl methyl sites for hydroxylation is 2. The van der Waals surface area contributed by atoms with Gasteiger partial charge in [0.2, 0.25) is 5.78 Å². The first-order chi connectivity index (χ1) is 14.9. The molecular formula is C26H22O5. The molecule has 0 aliphatic carbocycles. The molecule has 156 valence electrons. The van der Waals surface area contributed by atoms with Gasteiger partial charge in [0.15, 0.2) is 5.76 Å². The molecule has 3 aromatic carbocycles. The smallest absolute Gasteiger partial charge is 0.337 e. The zero-order chi connectivity index (χ0) is 22.0. The molecular weight excluding hydrogens is 392 g/mol. The number of methoxy groups -OCH3 is 1. The number of carbonyl (C=O) groups is 2. The van der Waals surface area contributed by atoms with E-state index in [1.807, 2.05) is 56.3 Å². The second kappa shape index (κ2) is 8.48. The lowest BCUT2D eigenvalue weighted by Crippen LogP contribution is -2.02. The third kappa shape index (κ3) is 4.36. The molecule has 5 nitrogen and oxygen atoms in total. The summed E-state index contributed by atoms with van der Waals surface area (Å²) in [5.74, 6) is 0.911. The number of Topliss-reactive ketones (excluding diaryl/α,β-unsaturated/α-hetero) is 1. The molecule has 3 aromatic rings. The molecule has 4 rings (SSSR count). The number of carbonyl (C=O) groups excluding carboxylic acids is 2. The van der Waals surface area contributed by atoms with E-state index < -0.39 is 0 Å². The van der Waals surface area contributed by atoms with E-state index in [1.165, 1.54) is 7.11 Å². The predicted molar refractivity (Wildman–Crippen MR) is 117 cm³/mol. The average Bonchev–Trinajstić information content (AvgIpc) is 3.07. The van der Waals surface area contributed by atoms with Crippen molar-refractivity contribution < 1.29 is 23.8 Å². The minimum atomic E-state index is -0.377. The van der Waals surface area contributed by atoms with Gasteiger partial charge in [-0.3, -0.25) is 4.79 Å². The molecule has 5 heteroatoms. The standard InChI is InChI=1S/C26H22O5/c1-16-5-4-6-19(11-16)13-23-25(27)24-17(2)12-21(14-22(24)31-23)30-15-18-7-9-20(10-8-18)26(28)29-3/h4-14H,15H2,1-3H3/b23-13-. The first kappa shape index (κ1) is 20.4. The van der Waals surface area contributed by atoms with Crippen LogP contribution in [0.1, 0.15) is 43.0 Å². The Labute approximate surface area is 180 Å². The van der Waals surface area contributed by atoms with Crippen LogP contribution in [-0.4, -0.2) is 18.9 Å². The SMILES string of the molecule is COC(=O)c1ccc(COc2cc(C)c3c(c2)O/C(=C\c2cccc(C)c2)C3=O)cc1. The van der Waals surface area contributed by atoms with Crippen LogP contribution in [0.2, 0.25) is 0 Å². The third-order valence-electron chi connectivity index (χ3n) is 5.06. The summed E-state index contributed by atoms with van der Waals surface area (Å²) in [6, 6.07) is 18.5. The van der Waals surface area contributed by atoms with Gasteiger partial charge in [-0.25, -0.2) is 4.79 Å². The lowest BCUT2D eigenvalue weighted by Gasteiger charge is -2.09. The Balaban J connectivity index is 1.51. The number of ether oxygens (including phenoxy) is 3. The zero-order valence-corrected chi connectivity index (χ0v) is 17.6. The van der Waals surface area contributed by atoms with E-state index in [-0.39, 0.29) is 11.8 Å². The van der Waals surface area contributed by atoms with E-state index in [1.54, 1.807) is 24.3 Å². The molecule has 0 aromatic heterocycles. The van der Waals surface area contributed by atoms with Crippen molar-refractivity contribution in [2.24, 2.45) is 0 Å². The number of hydrogen-bond donors (Lipinski definition) is 0. The molecule has 1 heterocycles. The number of allylic oxidation sites excluding steroid dienone is 1. The lowest BCUT2D eigenvalue weighted by atomic mass is 10.0. The van der Waals surface area contributed by atoms with E-state index >= 15 is 0 Å². The summed E-state index contributed by atoms with van der Waals surface area (Å²) in [4.78, 5) is 24.4. The van der Waals surface area contributed by atoms with Gasteiger partial charge < -0.3 is 14.2 Å². The van der Waals surface area contributed by atoms with Crippen molar-refractivity contribution in [3.8, 4) is 11.5 Å². The first-order valence-corrected chi connectivity index (χ1v) is 9.90. The Kier molecular flexibility index (Phi) is 5.58. The Hall–Kier alpha value is -3.86. The largest absolute Gasteiger partial charge is 0.489 e. The van der Waals surface area contributed by atoms with E-state index in [2.05, 4.69) is 0 Å². The molecule has 0 spiro atoms. The molecule has 0 unspecified atom stereocenters. The minimum Gasteiger partial charge on any atom is -0.489 e. The van der Waals surface area contributed by atoms with Crippen LogP contribution in [0.25, 0.3) is 6.08 Å². The number of rotatable bonds is 5. The van der Waals surface area contributed by atoms with Gasteiger partial charge >= 0.3 is 5.97 Å². The Morgan fingerprint density at radius 1 is 1.03 bits per heavy atom. The molecule has 0 bridgehead atoms. The quantitative estimate of drug-likeness (QED) is 0.420. The molecule has 0 N–H and O–H groups in total. The highest BCUT2D eigenvalue weighted by Gasteiger charge is 2.30. The predicted octanol–water partition coefficient (Wildman–Crippen LogP) is 5.29. The summed E-state index contributed by atoms with van der Waals surface area (Å²) in [6.07, 6.45) is 1.76. The Bertz CT molecular complexity index is 1190. The molecule has 0 saturated carbocycles. The van der Waals surface area contributed by atoms with Crippen molar-refractivity contribution in [3.63, 3.8) is 0 Å². The zero-order valence-electron chi connectivity index (χ0n) is 17.6. The van der Waals surface area contributed by atoms with Gasteiger partial charge in [-0.15, -0.1) is 0 Å². The fourth-order valence-electron chi connectivity index (χ4n) is 3.49. The molecule has 0 fully saturated rings. The summed E-state index contributed by atoms with van der Waals surface area (Å²) >= 11 is 0. The summed E-state index contributed by atoms with van der Waals surface area (Å²) in [5, 5.41) is 0. The Morgan fingerprint density at radius 2 is 1.81 bits per heavy atom. The van der Waals surface area contributed by atoms with Gasteiger partial charge in [0.1, 0.15) is 18.1 Å². The monoisotopic (exact) mass is 414 g/mol. The van der Waals surface area contributed by atoms with E-state index in [9.17, 15) is 9.59 Å². The molecule has 1 aliphatic rings. The molecule has 0 amide bonds. The highest BCUT2D eigenvalue weighted by Crippen LogP contribution is 2.37. The van der Waals surface area contributed by atoms with Gasteiger partial charge in [0.25, 0.3) is 0 Å². The van der Waals surface area contributed by atoms with E-state index in [0.29, 0.717) is 35.0 Å². The Morgan fingerprint density at radius 3 is 2.52 bits per heavy atom. The summed E-state index contributed by atoms with van der Waals surface area (Å²) < 4.78 is 16.5. The minimum absolute atomic E-state index is 0.126. The van der Waals surface area contributed by atoms with Gasteiger partial charge in [0, 0.05) is 6.07 Å². The number of hydrogen-bond acceptors (Lipinski definition) is 5. The van der Waals surface area contributed by atoms with Gasteiger partial charge in [-0.05, 0) is 54.8 Å². The molecule has 0 atom stereocenters. The fourth-order valence-corrected chi connectivity index (χ4v) is 3.49. The van der Waals surface area contributed by atoms with E-state index in [0.717, 1.165) is 22.3 Å². The lowest BCUT2D eigenvalue weighted by molar-refractivity contribution is 0.0600. The van der Waals surface area contributed by atoms with Crippen LogP contribution < -0.4 is 9.47 Å². The molecule has 0 saturated heterocycles. The highest BCUT2D eigenvalue weighted by molar-refractivity contribution is 6.15. The van der Waals surface area contributed by atoms with Crippen molar-refractivity contribution in [1.29, 1.82) is 0 Å². The van der Waals surface area contributed by atoms with Crippen LogP contribution in [0, 0.1) is 13.8 Å². The third-order valence-corrected chi connectivity index (χ3v) is 5.06. The number of esters is 1. The van der Waals surface area contributed by atoms with Crippen LogP contribution in [0.4, 0.5) is 0 Å². The number of ketones is 1. The maximum atomic E-state index is 12.8. The summed E-state index contributed by atoms with van der Waals surface area (Å²) in [5.41, 5.74) is 4.78. The highest BCUT2D eigenvalue weighted by atomic mass is 16.5. The van der Waals surface area contributed by atoms with Gasteiger partial charge in [0.05, 0.1) is 18.2 Å². The van der Waals surface area contributed by atoms with Crippen molar-refractivity contribution in [2.45, 2.75) is 20.5 Å². The second-order valence-electron chi connectivity index (χ2n) is 7.44. The van der Waals surface area contributed by atoms with Gasteiger partial charge in [-0.1, -0.05) is 42.0 Å². The average molecular weight is 414 g/mol. The van der Waals surface area contributed by atoms with Crippen molar-refractivity contribution in [2.75, 3.05) is 7.11 Å². The van der Waals surface area contributed by atoms with Crippen LogP contribution in [-0.2, 0) is 11.3 Å². The number of fused-ring (bicyclic) bond motifs is 1. The van der Waals surface area contributed by atoms with Crippen LogP contribution in [0.5, 0.6) is 11.5 Å². The van der Waals surface area contributed by atoms with Crippen molar-refractivity contribution in [3.05, 3.63) is 99.8 Å². The molecule has 1 aliphatic heterocycles. The van der Waals surface area contributed by atoms with Crippen molar-refractivity contribution >= 4 is 17.8 Å². The maximum absolute atomic E-state index is 12.8. The normalized spacial score (nSPS) is 13.6. The fraction of sp³-hybridized carbons (Fsp3) is 0.154. The van der Waals surface area contributed by atoms with Crippen LogP contribution in [0.3, 0.4) is 0 Å². The number of benzene rings is 3. The topological polar surface area (TPSA) is 61.8 Å². The van der Waals surface area contributed by atoms with Crippen LogP contribution >= 0.6 is 0 Å². The van der Waals surface area contributed by atoms with Gasteiger partial charge in [-0.2, -0.15) is 0 Å². The summed E-state index contributed by atoms with van der Waals surface area (Å²) in [6.45, 7) is 4.19. The maximum Gasteiger partial charge on any atom is 0.337 e. The molecule has 0 radical (unpaired) electrons. The van der Waals surface area contributed by atoms with Crippen molar-refractivity contribution in [1.82, 2.24) is 0 Å². The molecule has 31 heavy (non-hydrogen) atoms. The summed E-state index contributed by atoms with van der Waals surface area (Å²) in [7, 11) is 1.35.